The molecule has 90 valence electrons. The van der Waals surface area contributed by atoms with Gasteiger partial charge in [0.15, 0.2) is 5.75 Å². The molecule has 1 aliphatic heterocycles. The summed E-state index contributed by atoms with van der Waals surface area (Å²) in [5.74, 6) is 0.219. The molecule has 0 bridgehead atoms. The van der Waals surface area contributed by atoms with Crippen LogP contribution in [-0.4, -0.2) is 24.5 Å². The van der Waals surface area contributed by atoms with Gasteiger partial charge in [0.05, 0.1) is 12.0 Å². The molecule has 1 atom stereocenters. The Bertz CT molecular complexity index is 473. The molecule has 0 aliphatic carbocycles. The predicted molar refractivity (Wildman–Crippen MR) is 60.0 cm³/mol. The Kier molecular flexibility index (Phi) is 2.95. The van der Waals surface area contributed by atoms with Gasteiger partial charge in [0.2, 0.25) is 5.91 Å². The Labute approximate surface area is 97.7 Å². The number of carbonyl (C=O) groups is 1. The van der Waals surface area contributed by atoms with Gasteiger partial charge >= 0.3 is 5.69 Å². The highest BCUT2D eigenvalue weighted by atomic mass is 16.6. The van der Waals surface area contributed by atoms with E-state index in [2.05, 4.69) is 5.32 Å². The van der Waals surface area contributed by atoms with Gasteiger partial charge in [0, 0.05) is 24.9 Å². The van der Waals surface area contributed by atoms with E-state index in [-0.39, 0.29) is 23.3 Å². The van der Waals surface area contributed by atoms with Crippen molar-refractivity contribution in [2.75, 3.05) is 13.7 Å². The molecule has 1 aromatic rings. The minimum Gasteiger partial charge on any atom is -0.490 e. The van der Waals surface area contributed by atoms with Crippen LogP contribution in [0, 0.1) is 10.1 Å². The Hall–Kier alpha value is -2.11. The van der Waals surface area contributed by atoms with Crippen LogP contribution in [-0.2, 0) is 4.79 Å². The van der Waals surface area contributed by atoms with E-state index in [0.29, 0.717) is 13.0 Å². The smallest absolute Gasteiger partial charge is 0.311 e. The van der Waals surface area contributed by atoms with Gasteiger partial charge in [-0.1, -0.05) is 6.07 Å². The first kappa shape index (κ1) is 11.4. The topological polar surface area (TPSA) is 81.5 Å². The average Bonchev–Trinajstić information content (AvgIpc) is 2.75. The summed E-state index contributed by atoms with van der Waals surface area (Å²) >= 11 is 0. The Morgan fingerprint density at radius 2 is 2.29 bits per heavy atom. The first-order chi connectivity index (χ1) is 8.11. The summed E-state index contributed by atoms with van der Waals surface area (Å²) in [5.41, 5.74) is 0.722. The number of rotatable bonds is 3. The van der Waals surface area contributed by atoms with Crippen LogP contribution in [0.25, 0.3) is 0 Å². The van der Waals surface area contributed by atoms with Crippen molar-refractivity contribution in [2.45, 2.75) is 12.3 Å². The molecule has 0 aromatic heterocycles. The minimum atomic E-state index is -0.480. The molecule has 1 aliphatic rings. The third kappa shape index (κ3) is 2.20. The maximum Gasteiger partial charge on any atom is 0.311 e. The second kappa shape index (κ2) is 4.40. The van der Waals surface area contributed by atoms with Crippen LogP contribution in [0.15, 0.2) is 18.2 Å². The number of amides is 1. The highest BCUT2D eigenvalue weighted by molar-refractivity contribution is 5.79. The molecular formula is C11H12N2O4. The summed E-state index contributed by atoms with van der Waals surface area (Å²) in [7, 11) is 1.39. The lowest BCUT2D eigenvalue weighted by molar-refractivity contribution is -0.385. The van der Waals surface area contributed by atoms with Crippen LogP contribution >= 0.6 is 0 Å². The summed E-state index contributed by atoms with van der Waals surface area (Å²) < 4.78 is 4.92. The van der Waals surface area contributed by atoms with Crippen molar-refractivity contribution < 1.29 is 14.5 Å². The first-order valence-electron chi connectivity index (χ1n) is 5.21. The molecule has 2 rings (SSSR count). The van der Waals surface area contributed by atoms with E-state index >= 15 is 0 Å². The third-order valence-electron chi connectivity index (χ3n) is 2.85. The Morgan fingerprint density at radius 3 is 2.82 bits per heavy atom. The van der Waals surface area contributed by atoms with Crippen molar-refractivity contribution in [2.24, 2.45) is 0 Å². The molecule has 0 saturated carbocycles. The SMILES string of the molecule is COc1ccc(C2CNC(=O)C2)cc1[N+](=O)[O-]. The standard InChI is InChI=1S/C11H12N2O4/c1-17-10-3-2-7(4-9(10)13(15)16)8-5-11(14)12-6-8/h2-4,8H,5-6H2,1H3,(H,12,14). The summed E-state index contributed by atoms with van der Waals surface area (Å²) in [6.07, 6.45) is 0.378. The number of hydrogen-bond acceptors (Lipinski definition) is 4. The van der Waals surface area contributed by atoms with Crippen molar-refractivity contribution in [3.63, 3.8) is 0 Å². The van der Waals surface area contributed by atoms with Crippen molar-refractivity contribution in [1.29, 1.82) is 0 Å². The monoisotopic (exact) mass is 236 g/mol. The van der Waals surface area contributed by atoms with Gasteiger partial charge in [-0.3, -0.25) is 14.9 Å². The molecule has 1 heterocycles. The number of nitro benzene ring substituents is 1. The van der Waals surface area contributed by atoms with Crippen molar-refractivity contribution >= 4 is 11.6 Å². The summed E-state index contributed by atoms with van der Waals surface area (Å²) in [4.78, 5) is 21.5. The fraction of sp³-hybridized carbons (Fsp3) is 0.364. The molecular weight excluding hydrogens is 224 g/mol. The van der Waals surface area contributed by atoms with Crippen LogP contribution in [0.5, 0.6) is 5.75 Å². The zero-order chi connectivity index (χ0) is 12.4. The van der Waals surface area contributed by atoms with Crippen molar-refractivity contribution in [3.05, 3.63) is 33.9 Å². The quantitative estimate of drug-likeness (QED) is 0.631. The summed E-state index contributed by atoms with van der Waals surface area (Å²) in [5, 5.41) is 13.6. The minimum absolute atomic E-state index is 0.00658. The molecule has 17 heavy (non-hydrogen) atoms. The van der Waals surface area contributed by atoms with Crippen LogP contribution in [0.4, 0.5) is 5.69 Å². The zero-order valence-electron chi connectivity index (χ0n) is 9.30. The maximum atomic E-state index is 11.1. The second-order valence-electron chi connectivity index (χ2n) is 3.89. The van der Waals surface area contributed by atoms with Gasteiger partial charge in [0.1, 0.15) is 0 Å². The fourth-order valence-electron chi connectivity index (χ4n) is 1.94. The number of carbonyl (C=O) groups excluding carboxylic acids is 1. The molecule has 0 radical (unpaired) electrons. The molecule has 0 spiro atoms. The van der Waals surface area contributed by atoms with Gasteiger partial charge in [0.25, 0.3) is 0 Å². The van der Waals surface area contributed by atoms with Gasteiger partial charge in [-0.2, -0.15) is 0 Å². The van der Waals surface area contributed by atoms with Crippen LogP contribution in [0.1, 0.15) is 17.9 Å². The maximum absolute atomic E-state index is 11.1. The Morgan fingerprint density at radius 1 is 1.53 bits per heavy atom. The number of nitro groups is 1. The van der Waals surface area contributed by atoms with E-state index in [9.17, 15) is 14.9 Å². The summed E-state index contributed by atoms with van der Waals surface area (Å²) in [6.45, 7) is 0.530. The van der Waals surface area contributed by atoms with E-state index in [1.807, 2.05) is 0 Å². The first-order valence-corrected chi connectivity index (χ1v) is 5.21. The Balaban J connectivity index is 2.33. The molecule has 1 fully saturated rings. The lowest BCUT2D eigenvalue weighted by Gasteiger charge is -2.09. The largest absolute Gasteiger partial charge is 0.490 e. The fourth-order valence-corrected chi connectivity index (χ4v) is 1.94. The van der Waals surface area contributed by atoms with Crippen LogP contribution < -0.4 is 10.1 Å². The van der Waals surface area contributed by atoms with Gasteiger partial charge in [-0.05, 0) is 11.6 Å². The van der Waals surface area contributed by atoms with E-state index in [1.165, 1.54) is 13.2 Å². The molecule has 6 nitrogen and oxygen atoms in total. The highest BCUT2D eigenvalue weighted by Crippen LogP contribution is 2.32. The van der Waals surface area contributed by atoms with E-state index in [0.717, 1.165) is 5.56 Å². The molecule has 1 saturated heterocycles. The highest BCUT2D eigenvalue weighted by Gasteiger charge is 2.25. The van der Waals surface area contributed by atoms with Gasteiger partial charge in [-0.15, -0.1) is 0 Å². The summed E-state index contributed by atoms with van der Waals surface area (Å²) in [6, 6.07) is 4.80. The zero-order valence-corrected chi connectivity index (χ0v) is 9.30. The molecule has 1 aromatic carbocycles. The number of benzene rings is 1. The number of nitrogens with one attached hydrogen (secondary N) is 1. The van der Waals surface area contributed by atoms with Crippen LogP contribution in [0.3, 0.4) is 0 Å². The van der Waals surface area contributed by atoms with Crippen LogP contribution in [0.2, 0.25) is 0 Å². The van der Waals surface area contributed by atoms with Crippen molar-refractivity contribution in [3.8, 4) is 5.75 Å². The second-order valence-corrected chi connectivity index (χ2v) is 3.89. The van der Waals surface area contributed by atoms with E-state index in [4.69, 9.17) is 4.74 Å². The number of nitrogens with zero attached hydrogens (tertiary/aromatic N) is 1. The molecule has 6 heteroatoms. The molecule has 1 unspecified atom stereocenters. The number of methoxy groups -OCH3 is 1. The van der Waals surface area contributed by atoms with E-state index in [1.54, 1.807) is 12.1 Å². The third-order valence-corrected chi connectivity index (χ3v) is 2.85. The normalized spacial score (nSPS) is 18.9. The van der Waals surface area contributed by atoms with Gasteiger partial charge < -0.3 is 10.1 Å². The number of hydrogen-bond donors (Lipinski definition) is 1. The van der Waals surface area contributed by atoms with E-state index < -0.39 is 4.92 Å². The van der Waals surface area contributed by atoms with Gasteiger partial charge in [-0.25, -0.2) is 0 Å². The lowest BCUT2D eigenvalue weighted by atomic mass is 9.97. The predicted octanol–water partition coefficient (Wildman–Crippen LogP) is 1.21. The number of ether oxygens (including phenoxy) is 1. The average molecular weight is 236 g/mol. The lowest BCUT2D eigenvalue weighted by Crippen LogP contribution is -2.13. The van der Waals surface area contributed by atoms with Crippen molar-refractivity contribution in [1.82, 2.24) is 5.32 Å². The molecule has 1 N–H and O–H groups in total. The molecule has 1 amide bonds.